The lowest BCUT2D eigenvalue weighted by atomic mass is 10.1. The largest absolute Gasteiger partial charge is 0.479 e. The molecule has 23 heavy (non-hydrogen) atoms. The Bertz CT molecular complexity index is 641. The Morgan fingerprint density at radius 1 is 1.35 bits per heavy atom. The Kier molecular flexibility index (Phi) is 4.70. The van der Waals surface area contributed by atoms with Gasteiger partial charge in [-0.15, -0.1) is 0 Å². The molecular weight excluding hydrogens is 300 g/mol. The number of carbonyl (C=O) groups excluding carboxylic acids is 2. The van der Waals surface area contributed by atoms with Gasteiger partial charge in [-0.2, -0.15) is 0 Å². The van der Waals surface area contributed by atoms with Gasteiger partial charge in [0.05, 0.1) is 6.54 Å². The van der Waals surface area contributed by atoms with Gasteiger partial charge in [-0.3, -0.25) is 9.59 Å². The molecule has 1 aromatic carbocycles. The number of nitrogens with one attached hydrogen (secondary N) is 2. The lowest BCUT2D eigenvalue weighted by Crippen LogP contribution is -2.46. The predicted octanol–water partition coefficient (Wildman–Crippen LogP) is 0.846. The summed E-state index contributed by atoms with van der Waals surface area (Å²) in [5.74, 6) is -1.60. The molecule has 3 unspecified atom stereocenters. The third-order valence-electron chi connectivity index (χ3n) is 3.89. The number of hydrogen-bond donors (Lipinski definition) is 4. The molecule has 0 heterocycles. The summed E-state index contributed by atoms with van der Waals surface area (Å²) in [5.41, 5.74) is -1.26. The number of aliphatic carboxylic acids is 1. The third kappa shape index (κ3) is 4.29. The van der Waals surface area contributed by atoms with Crippen molar-refractivity contribution < 1.29 is 24.6 Å². The minimum absolute atomic E-state index is 0.0261. The Balaban J connectivity index is 1.97. The second kappa shape index (κ2) is 6.37. The van der Waals surface area contributed by atoms with Gasteiger partial charge >= 0.3 is 5.97 Å². The molecule has 0 aromatic heterocycles. The lowest BCUT2D eigenvalue weighted by Gasteiger charge is -2.18. The highest BCUT2D eigenvalue weighted by Crippen LogP contribution is 2.38. The topological polar surface area (TPSA) is 116 Å². The van der Waals surface area contributed by atoms with E-state index in [0.29, 0.717) is 11.6 Å². The molecule has 2 amide bonds. The first kappa shape index (κ1) is 17.0. The van der Waals surface area contributed by atoms with Crippen molar-refractivity contribution in [3.05, 3.63) is 29.8 Å². The minimum atomic E-state index is -2.04. The molecule has 0 saturated heterocycles. The van der Waals surface area contributed by atoms with E-state index >= 15 is 0 Å². The molecule has 0 aliphatic heterocycles. The van der Waals surface area contributed by atoms with Crippen LogP contribution >= 0.6 is 0 Å². The van der Waals surface area contributed by atoms with Crippen LogP contribution in [0, 0.1) is 11.8 Å². The Labute approximate surface area is 133 Å². The van der Waals surface area contributed by atoms with Crippen LogP contribution in [0.5, 0.6) is 0 Å². The summed E-state index contributed by atoms with van der Waals surface area (Å²) < 4.78 is 0. The smallest absolute Gasteiger partial charge is 0.337 e. The van der Waals surface area contributed by atoms with E-state index in [2.05, 4.69) is 10.6 Å². The molecular formula is C16H20N2O5. The van der Waals surface area contributed by atoms with Gasteiger partial charge in [-0.25, -0.2) is 4.79 Å². The predicted molar refractivity (Wildman–Crippen MR) is 82.9 cm³/mol. The number of carboxylic acid groups (broad SMARTS) is 1. The van der Waals surface area contributed by atoms with Crippen LogP contribution < -0.4 is 10.6 Å². The van der Waals surface area contributed by atoms with E-state index in [1.54, 1.807) is 18.2 Å². The van der Waals surface area contributed by atoms with E-state index in [1.807, 2.05) is 6.92 Å². The van der Waals surface area contributed by atoms with E-state index in [9.17, 15) is 19.5 Å². The van der Waals surface area contributed by atoms with Gasteiger partial charge in [0.25, 0.3) is 5.91 Å². The third-order valence-corrected chi connectivity index (χ3v) is 3.89. The van der Waals surface area contributed by atoms with Gasteiger partial charge in [-0.1, -0.05) is 13.0 Å². The molecule has 1 aliphatic carbocycles. The van der Waals surface area contributed by atoms with Crippen molar-refractivity contribution in [3.8, 4) is 0 Å². The standard InChI is InChI=1S/C16H20N2O5/c1-9-6-12(9)14(20)18-11-5-3-4-10(7-11)13(19)17-8-16(2,23)15(21)22/h3-5,7,9,12,23H,6,8H2,1-2H3,(H,17,19)(H,18,20)(H,21,22). The van der Waals surface area contributed by atoms with Crippen molar-refractivity contribution in [1.82, 2.24) is 5.32 Å². The van der Waals surface area contributed by atoms with Crippen LogP contribution in [0.25, 0.3) is 0 Å². The highest BCUT2D eigenvalue weighted by atomic mass is 16.4. The van der Waals surface area contributed by atoms with Gasteiger partial charge in [0.1, 0.15) is 0 Å². The van der Waals surface area contributed by atoms with Crippen molar-refractivity contribution in [2.24, 2.45) is 11.8 Å². The van der Waals surface area contributed by atoms with Crippen LogP contribution in [-0.2, 0) is 9.59 Å². The Morgan fingerprint density at radius 3 is 2.57 bits per heavy atom. The first-order valence-electron chi connectivity index (χ1n) is 7.35. The first-order valence-corrected chi connectivity index (χ1v) is 7.35. The average Bonchev–Trinajstić information content (AvgIpc) is 3.22. The Hall–Kier alpha value is -2.41. The zero-order chi connectivity index (χ0) is 17.2. The summed E-state index contributed by atoms with van der Waals surface area (Å²) in [6, 6.07) is 6.35. The van der Waals surface area contributed by atoms with Crippen LogP contribution in [0.1, 0.15) is 30.6 Å². The van der Waals surface area contributed by atoms with Crippen LogP contribution in [0.15, 0.2) is 24.3 Å². The molecule has 124 valence electrons. The van der Waals surface area contributed by atoms with Crippen LogP contribution in [-0.4, -0.2) is 40.1 Å². The van der Waals surface area contributed by atoms with Crippen LogP contribution in [0.2, 0.25) is 0 Å². The summed E-state index contributed by atoms with van der Waals surface area (Å²) >= 11 is 0. The van der Waals surface area contributed by atoms with E-state index in [0.717, 1.165) is 13.3 Å². The summed E-state index contributed by atoms with van der Waals surface area (Å²) in [6.45, 7) is 2.68. The first-order chi connectivity index (χ1) is 10.7. The number of carboxylic acids is 1. The SMILES string of the molecule is CC1CC1C(=O)Nc1cccc(C(=O)NCC(C)(O)C(=O)O)c1. The quantitative estimate of drug-likeness (QED) is 0.620. The molecule has 0 radical (unpaired) electrons. The zero-order valence-corrected chi connectivity index (χ0v) is 13.0. The molecule has 1 aliphatic rings. The molecule has 1 aromatic rings. The highest BCUT2D eigenvalue weighted by molar-refractivity contribution is 5.98. The summed E-state index contributed by atoms with van der Waals surface area (Å²) in [4.78, 5) is 34.7. The number of benzene rings is 1. The number of anilines is 1. The fourth-order valence-electron chi connectivity index (χ4n) is 2.09. The molecule has 1 saturated carbocycles. The fraction of sp³-hybridized carbons (Fsp3) is 0.438. The molecule has 7 heteroatoms. The van der Waals surface area contributed by atoms with Crippen LogP contribution in [0.4, 0.5) is 5.69 Å². The van der Waals surface area contributed by atoms with E-state index in [-0.39, 0.29) is 17.4 Å². The number of carbonyl (C=O) groups is 3. The van der Waals surface area contributed by atoms with Crippen molar-refractivity contribution in [2.75, 3.05) is 11.9 Å². The summed E-state index contributed by atoms with van der Waals surface area (Å²) in [5, 5.41) is 23.5. The molecule has 7 nitrogen and oxygen atoms in total. The van der Waals surface area contributed by atoms with E-state index in [4.69, 9.17) is 5.11 Å². The summed E-state index contributed by atoms with van der Waals surface area (Å²) in [6.07, 6.45) is 0.871. The van der Waals surface area contributed by atoms with Crippen molar-refractivity contribution in [3.63, 3.8) is 0 Å². The second-order valence-corrected chi connectivity index (χ2v) is 6.15. The average molecular weight is 320 g/mol. The molecule has 2 rings (SSSR count). The fourth-order valence-corrected chi connectivity index (χ4v) is 2.09. The number of hydrogen-bond acceptors (Lipinski definition) is 4. The molecule has 0 bridgehead atoms. The second-order valence-electron chi connectivity index (χ2n) is 6.15. The van der Waals surface area contributed by atoms with Crippen molar-refractivity contribution >= 4 is 23.5 Å². The molecule has 1 fully saturated rings. The number of aliphatic hydroxyl groups is 1. The maximum atomic E-state index is 12.0. The van der Waals surface area contributed by atoms with Crippen molar-refractivity contribution in [2.45, 2.75) is 25.9 Å². The van der Waals surface area contributed by atoms with Gasteiger partial charge in [0, 0.05) is 17.2 Å². The van der Waals surface area contributed by atoms with Gasteiger partial charge < -0.3 is 20.8 Å². The number of amides is 2. The van der Waals surface area contributed by atoms with Gasteiger partial charge in [0.15, 0.2) is 5.60 Å². The zero-order valence-electron chi connectivity index (χ0n) is 13.0. The highest BCUT2D eigenvalue weighted by Gasteiger charge is 2.39. The summed E-state index contributed by atoms with van der Waals surface area (Å²) in [7, 11) is 0. The normalized spacial score (nSPS) is 21.9. The molecule has 0 spiro atoms. The van der Waals surface area contributed by atoms with E-state index < -0.39 is 24.0 Å². The maximum absolute atomic E-state index is 12.0. The van der Waals surface area contributed by atoms with Crippen molar-refractivity contribution in [1.29, 1.82) is 0 Å². The molecule has 3 atom stereocenters. The molecule has 4 N–H and O–H groups in total. The van der Waals surface area contributed by atoms with Gasteiger partial charge in [0.2, 0.25) is 5.91 Å². The van der Waals surface area contributed by atoms with E-state index in [1.165, 1.54) is 6.07 Å². The number of rotatable bonds is 6. The maximum Gasteiger partial charge on any atom is 0.337 e. The van der Waals surface area contributed by atoms with Crippen LogP contribution in [0.3, 0.4) is 0 Å². The monoisotopic (exact) mass is 320 g/mol. The van der Waals surface area contributed by atoms with Gasteiger partial charge in [-0.05, 0) is 37.5 Å². The minimum Gasteiger partial charge on any atom is -0.479 e. The lowest BCUT2D eigenvalue weighted by molar-refractivity contribution is -0.155. The Morgan fingerprint density at radius 2 is 2.00 bits per heavy atom.